The zero-order valence-corrected chi connectivity index (χ0v) is 15.5. The van der Waals surface area contributed by atoms with E-state index < -0.39 is 11.7 Å². The van der Waals surface area contributed by atoms with Gasteiger partial charge in [0.2, 0.25) is 0 Å². The SMILES string of the molecule is CCc1cccc(Nc2nc(N[C@@H]3CCCC[C@@H]3N)c(F)cc2C(N)=O)c1. The summed E-state index contributed by atoms with van der Waals surface area (Å²) in [5.74, 6) is -1.05. The van der Waals surface area contributed by atoms with E-state index in [-0.39, 0.29) is 29.3 Å². The Hall–Kier alpha value is -2.67. The standard InChI is InChI=1S/C20H26FN5O/c1-2-12-6-5-7-13(10-12)24-19-14(18(23)27)11-15(21)20(26-19)25-17-9-4-3-8-16(17)22/h5-7,10-11,16-17H,2-4,8-9,22H2,1H3,(H2,23,27)(H2,24,25,26)/t16-,17+/m0/s1. The molecule has 6 N–H and O–H groups in total. The molecule has 0 saturated heterocycles. The second-order valence-electron chi connectivity index (χ2n) is 6.96. The van der Waals surface area contributed by atoms with Crippen LogP contribution in [0.4, 0.5) is 21.7 Å². The molecule has 0 aliphatic heterocycles. The third-order valence-electron chi connectivity index (χ3n) is 4.98. The number of halogens is 1. The van der Waals surface area contributed by atoms with E-state index in [0.29, 0.717) is 0 Å². The summed E-state index contributed by atoms with van der Waals surface area (Å²) >= 11 is 0. The van der Waals surface area contributed by atoms with Gasteiger partial charge in [0.1, 0.15) is 5.82 Å². The number of carbonyl (C=O) groups excluding carboxylic acids is 1. The summed E-state index contributed by atoms with van der Waals surface area (Å²) in [5, 5.41) is 6.21. The molecule has 1 fully saturated rings. The average Bonchev–Trinajstić information content (AvgIpc) is 2.66. The molecule has 1 aliphatic rings. The number of anilines is 3. The number of carbonyl (C=O) groups is 1. The lowest BCUT2D eigenvalue weighted by Crippen LogP contribution is -2.43. The maximum Gasteiger partial charge on any atom is 0.252 e. The van der Waals surface area contributed by atoms with Gasteiger partial charge in [0.15, 0.2) is 11.6 Å². The summed E-state index contributed by atoms with van der Waals surface area (Å²) in [5.41, 5.74) is 13.5. The van der Waals surface area contributed by atoms with Crippen LogP contribution >= 0.6 is 0 Å². The van der Waals surface area contributed by atoms with Crippen molar-refractivity contribution in [3.63, 3.8) is 0 Å². The molecule has 1 amide bonds. The van der Waals surface area contributed by atoms with Gasteiger partial charge >= 0.3 is 0 Å². The van der Waals surface area contributed by atoms with Crippen molar-refractivity contribution in [2.24, 2.45) is 11.5 Å². The number of amides is 1. The van der Waals surface area contributed by atoms with Gasteiger partial charge in [-0.05, 0) is 43.0 Å². The highest BCUT2D eigenvalue weighted by Gasteiger charge is 2.24. The van der Waals surface area contributed by atoms with Crippen LogP contribution < -0.4 is 22.1 Å². The number of hydrogen-bond donors (Lipinski definition) is 4. The van der Waals surface area contributed by atoms with E-state index in [4.69, 9.17) is 11.5 Å². The van der Waals surface area contributed by atoms with Crippen molar-refractivity contribution in [3.05, 3.63) is 47.3 Å². The fourth-order valence-corrected chi connectivity index (χ4v) is 3.39. The Labute approximate surface area is 158 Å². The number of aromatic nitrogens is 1. The van der Waals surface area contributed by atoms with Crippen LogP contribution in [0.3, 0.4) is 0 Å². The van der Waals surface area contributed by atoms with Gasteiger partial charge in [0.25, 0.3) is 5.91 Å². The minimum atomic E-state index is -0.739. The van der Waals surface area contributed by atoms with E-state index in [1.165, 1.54) is 0 Å². The highest BCUT2D eigenvalue weighted by atomic mass is 19.1. The predicted octanol–water partition coefficient (Wildman–Crippen LogP) is 3.31. The van der Waals surface area contributed by atoms with E-state index in [9.17, 15) is 9.18 Å². The summed E-state index contributed by atoms with van der Waals surface area (Å²) in [6.07, 6.45) is 4.76. The highest BCUT2D eigenvalue weighted by molar-refractivity contribution is 5.98. The first-order chi connectivity index (χ1) is 13.0. The summed E-state index contributed by atoms with van der Waals surface area (Å²) < 4.78 is 14.5. The number of aryl methyl sites for hydroxylation is 1. The Morgan fingerprint density at radius 1 is 1.26 bits per heavy atom. The topological polar surface area (TPSA) is 106 Å². The number of rotatable bonds is 6. The van der Waals surface area contributed by atoms with Crippen LogP contribution in [0.5, 0.6) is 0 Å². The number of benzene rings is 1. The van der Waals surface area contributed by atoms with Crippen LogP contribution in [-0.4, -0.2) is 23.0 Å². The molecule has 1 aromatic heterocycles. The lowest BCUT2D eigenvalue weighted by Gasteiger charge is -2.30. The monoisotopic (exact) mass is 371 g/mol. The summed E-state index contributed by atoms with van der Waals surface area (Å²) in [4.78, 5) is 16.1. The lowest BCUT2D eigenvalue weighted by atomic mass is 9.91. The van der Waals surface area contributed by atoms with Gasteiger partial charge in [0.05, 0.1) is 5.56 Å². The maximum absolute atomic E-state index is 14.5. The van der Waals surface area contributed by atoms with Gasteiger partial charge in [-0.2, -0.15) is 0 Å². The number of pyridine rings is 1. The van der Waals surface area contributed by atoms with Gasteiger partial charge in [-0.25, -0.2) is 9.37 Å². The number of nitrogens with zero attached hydrogens (tertiary/aromatic N) is 1. The summed E-state index contributed by atoms with van der Waals surface area (Å²) in [7, 11) is 0. The minimum absolute atomic E-state index is 0.00731. The smallest absolute Gasteiger partial charge is 0.252 e. The second-order valence-corrected chi connectivity index (χ2v) is 6.96. The number of primary amides is 1. The predicted molar refractivity (Wildman–Crippen MR) is 106 cm³/mol. The largest absolute Gasteiger partial charge is 0.365 e. The van der Waals surface area contributed by atoms with E-state index in [2.05, 4.69) is 22.5 Å². The van der Waals surface area contributed by atoms with Crippen LogP contribution in [0, 0.1) is 5.82 Å². The molecule has 3 rings (SSSR count). The molecule has 27 heavy (non-hydrogen) atoms. The van der Waals surface area contributed by atoms with Crippen molar-refractivity contribution in [2.75, 3.05) is 10.6 Å². The molecule has 1 aromatic carbocycles. The molecule has 0 radical (unpaired) electrons. The van der Waals surface area contributed by atoms with Crippen LogP contribution in [0.1, 0.15) is 48.5 Å². The number of nitrogens with one attached hydrogen (secondary N) is 2. The van der Waals surface area contributed by atoms with Crippen molar-refractivity contribution in [2.45, 2.75) is 51.1 Å². The number of nitrogens with two attached hydrogens (primary N) is 2. The van der Waals surface area contributed by atoms with Gasteiger partial charge in [-0.1, -0.05) is 31.9 Å². The van der Waals surface area contributed by atoms with Gasteiger partial charge < -0.3 is 22.1 Å². The van der Waals surface area contributed by atoms with Gasteiger partial charge in [0, 0.05) is 17.8 Å². The highest BCUT2D eigenvalue weighted by Crippen LogP contribution is 2.27. The first-order valence-electron chi connectivity index (χ1n) is 9.36. The molecule has 144 valence electrons. The first kappa shape index (κ1) is 19.1. The van der Waals surface area contributed by atoms with E-state index in [1.54, 1.807) is 0 Å². The maximum atomic E-state index is 14.5. The zero-order chi connectivity index (χ0) is 19.4. The molecule has 7 heteroatoms. The molecular formula is C20H26FN5O. The molecule has 0 bridgehead atoms. The van der Waals surface area contributed by atoms with Crippen LogP contribution in [0.25, 0.3) is 0 Å². The molecular weight excluding hydrogens is 345 g/mol. The van der Waals surface area contributed by atoms with Crippen LogP contribution in [0.2, 0.25) is 0 Å². The van der Waals surface area contributed by atoms with Gasteiger partial charge in [-0.3, -0.25) is 4.79 Å². The van der Waals surface area contributed by atoms with E-state index in [0.717, 1.165) is 49.4 Å². The summed E-state index contributed by atoms with van der Waals surface area (Å²) in [6, 6.07) is 8.77. The zero-order valence-electron chi connectivity index (χ0n) is 15.5. The Bertz CT molecular complexity index is 826. The second kappa shape index (κ2) is 8.35. The Kier molecular flexibility index (Phi) is 5.91. The van der Waals surface area contributed by atoms with Gasteiger partial charge in [-0.15, -0.1) is 0 Å². The fraction of sp³-hybridized carbons (Fsp3) is 0.400. The average molecular weight is 371 g/mol. The Morgan fingerprint density at radius 3 is 2.74 bits per heavy atom. The van der Waals surface area contributed by atoms with Crippen LogP contribution in [-0.2, 0) is 6.42 Å². The third kappa shape index (κ3) is 4.54. The molecule has 1 heterocycles. The van der Waals surface area contributed by atoms with Crippen molar-refractivity contribution < 1.29 is 9.18 Å². The van der Waals surface area contributed by atoms with Crippen molar-refractivity contribution in [3.8, 4) is 0 Å². The lowest BCUT2D eigenvalue weighted by molar-refractivity contribution is 0.100. The van der Waals surface area contributed by atoms with Crippen molar-refractivity contribution >= 4 is 23.2 Å². The molecule has 0 spiro atoms. The Balaban J connectivity index is 1.91. The normalized spacial score (nSPS) is 19.5. The molecule has 0 unspecified atom stereocenters. The quantitative estimate of drug-likeness (QED) is 0.623. The summed E-state index contributed by atoms with van der Waals surface area (Å²) in [6.45, 7) is 2.06. The molecule has 2 atom stereocenters. The molecule has 2 aromatic rings. The first-order valence-corrected chi connectivity index (χ1v) is 9.36. The minimum Gasteiger partial charge on any atom is -0.365 e. The third-order valence-corrected chi connectivity index (χ3v) is 4.98. The molecule has 6 nitrogen and oxygen atoms in total. The molecule has 1 saturated carbocycles. The van der Waals surface area contributed by atoms with E-state index >= 15 is 0 Å². The Morgan fingerprint density at radius 2 is 2.04 bits per heavy atom. The number of hydrogen-bond acceptors (Lipinski definition) is 5. The van der Waals surface area contributed by atoms with Crippen molar-refractivity contribution in [1.82, 2.24) is 4.98 Å². The van der Waals surface area contributed by atoms with E-state index in [1.807, 2.05) is 24.3 Å². The van der Waals surface area contributed by atoms with Crippen LogP contribution in [0.15, 0.2) is 30.3 Å². The fourth-order valence-electron chi connectivity index (χ4n) is 3.39. The molecule has 1 aliphatic carbocycles. The van der Waals surface area contributed by atoms with Crippen molar-refractivity contribution in [1.29, 1.82) is 0 Å².